The first kappa shape index (κ1) is 23.7. The number of benzene rings is 1. The molecule has 28 heavy (non-hydrogen) atoms. The predicted octanol–water partition coefficient (Wildman–Crippen LogP) is 0.834. The number of unbranched alkanes of at least 4 members (excludes halogenated alkanes) is 2. The number of nitrogens with one attached hydrogen (secondary N) is 1. The second-order valence-corrected chi connectivity index (χ2v) is 8.26. The Morgan fingerprint density at radius 3 is 2.46 bits per heavy atom. The minimum absolute atomic E-state index is 0.0550. The minimum Gasteiger partial charge on any atom is -0.494 e. The zero-order valence-electron chi connectivity index (χ0n) is 16.1. The lowest BCUT2D eigenvalue weighted by Crippen LogP contribution is -2.43. The number of hydrogen-bond donors (Lipinski definition) is 4. The number of nitrogens with two attached hydrogens (primary N) is 2. The molecule has 0 aliphatic rings. The largest absolute Gasteiger partial charge is 0.494 e. The van der Waals surface area contributed by atoms with Crippen molar-refractivity contribution < 1.29 is 23.1 Å². The van der Waals surface area contributed by atoms with Gasteiger partial charge in [-0.2, -0.15) is 0 Å². The molecule has 0 amide bonds. The zero-order valence-corrected chi connectivity index (χ0v) is 17.0. The van der Waals surface area contributed by atoms with Gasteiger partial charge in [0.25, 0.3) is 0 Å². The van der Waals surface area contributed by atoms with Gasteiger partial charge in [-0.1, -0.05) is 25.5 Å². The first-order valence-electron chi connectivity index (χ1n) is 9.23. The molecule has 1 rings (SSSR count). The summed E-state index contributed by atoms with van der Waals surface area (Å²) in [7, 11) is -3.62. The van der Waals surface area contributed by atoms with E-state index >= 15 is 0 Å². The Balaban J connectivity index is 2.52. The summed E-state index contributed by atoms with van der Waals surface area (Å²) in [5.41, 5.74) is 11.2. The summed E-state index contributed by atoms with van der Waals surface area (Å²) in [5.74, 6) is -0.561. The fourth-order valence-corrected chi connectivity index (χ4v) is 3.76. The highest BCUT2D eigenvalue weighted by molar-refractivity contribution is 7.89. The van der Waals surface area contributed by atoms with Crippen LogP contribution in [0.25, 0.3) is 0 Å². The first-order chi connectivity index (χ1) is 13.2. The van der Waals surface area contributed by atoms with Gasteiger partial charge >= 0.3 is 5.97 Å². The zero-order chi connectivity index (χ0) is 21.0. The highest BCUT2D eigenvalue weighted by atomic mass is 32.2. The SMILES string of the molecule is CCCCS(=O)(=O)NC(Cc1ccc(OCCCCN=C(N)N)cc1)C(=O)O. The Bertz CT molecular complexity index is 731. The standard InChI is InChI=1S/C18H30N4O5S/c1-2-3-12-28(25,26)22-16(17(23)24)13-14-6-8-15(9-7-14)27-11-5-4-10-21-18(19)20/h6-9,16,22H,2-5,10-13H2,1H3,(H,23,24)(H4,19,20,21). The number of ether oxygens (including phenoxy) is 1. The van der Waals surface area contributed by atoms with E-state index in [-0.39, 0.29) is 18.1 Å². The van der Waals surface area contributed by atoms with E-state index in [1.807, 2.05) is 6.92 Å². The number of guanidine groups is 1. The van der Waals surface area contributed by atoms with Crippen LogP contribution in [0.3, 0.4) is 0 Å². The number of sulfonamides is 1. The van der Waals surface area contributed by atoms with Crippen molar-refractivity contribution in [3.63, 3.8) is 0 Å². The first-order valence-corrected chi connectivity index (χ1v) is 10.9. The monoisotopic (exact) mass is 414 g/mol. The average molecular weight is 415 g/mol. The average Bonchev–Trinajstić information content (AvgIpc) is 2.63. The van der Waals surface area contributed by atoms with Gasteiger partial charge < -0.3 is 21.3 Å². The molecule has 0 saturated heterocycles. The van der Waals surface area contributed by atoms with Crippen LogP contribution in [-0.4, -0.2) is 50.4 Å². The Morgan fingerprint density at radius 1 is 1.21 bits per heavy atom. The van der Waals surface area contributed by atoms with E-state index in [0.717, 1.165) is 12.8 Å². The molecule has 1 atom stereocenters. The maximum absolute atomic E-state index is 12.0. The van der Waals surface area contributed by atoms with Crippen molar-refractivity contribution in [2.45, 2.75) is 45.1 Å². The number of carboxylic acids is 1. The van der Waals surface area contributed by atoms with Crippen LogP contribution in [0.4, 0.5) is 0 Å². The van der Waals surface area contributed by atoms with E-state index in [4.69, 9.17) is 16.2 Å². The van der Waals surface area contributed by atoms with Crippen molar-refractivity contribution in [3.8, 4) is 5.75 Å². The van der Waals surface area contributed by atoms with Crippen molar-refractivity contribution in [1.29, 1.82) is 0 Å². The van der Waals surface area contributed by atoms with Gasteiger partial charge in [-0.25, -0.2) is 13.1 Å². The van der Waals surface area contributed by atoms with Crippen LogP contribution in [-0.2, 0) is 21.2 Å². The highest BCUT2D eigenvalue weighted by Gasteiger charge is 2.24. The maximum atomic E-state index is 12.0. The smallest absolute Gasteiger partial charge is 0.322 e. The number of carbonyl (C=O) groups is 1. The summed E-state index contributed by atoms with van der Waals surface area (Å²) in [5, 5.41) is 9.32. The molecule has 1 unspecified atom stereocenters. The molecule has 158 valence electrons. The molecule has 9 nitrogen and oxygen atoms in total. The summed E-state index contributed by atoms with van der Waals surface area (Å²) < 4.78 is 31.8. The summed E-state index contributed by atoms with van der Waals surface area (Å²) in [6.45, 7) is 2.93. The van der Waals surface area contributed by atoms with E-state index in [9.17, 15) is 18.3 Å². The van der Waals surface area contributed by atoms with Gasteiger partial charge in [0, 0.05) is 6.54 Å². The molecule has 10 heteroatoms. The number of carboxylic acid groups (broad SMARTS) is 1. The molecule has 0 fully saturated rings. The summed E-state index contributed by atoms with van der Waals surface area (Å²) >= 11 is 0. The molecule has 1 aromatic rings. The topological polar surface area (TPSA) is 157 Å². The van der Waals surface area contributed by atoms with Gasteiger partial charge in [0.2, 0.25) is 10.0 Å². The molecule has 0 aromatic heterocycles. The Morgan fingerprint density at radius 2 is 1.89 bits per heavy atom. The second-order valence-electron chi connectivity index (χ2n) is 6.39. The van der Waals surface area contributed by atoms with Crippen LogP contribution >= 0.6 is 0 Å². The van der Waals surface area contributed by atoms with E-state index in [0.29, 0.717) is 37.3 Å². The molecular weight excluding hydrogens is 384 g/mol. The molecule has 6 N–H and O–H groups in total. The molecule has 0 spiro atoms. The Hall–Kier alpha value is -2.33. The third kappa shape index (κ3) is 10.1. The van der Waals surface area contributed by atoms with Gasteiger partial charge in [0.1, 0.15) is 11.8 Å². The van der Waals surface area contributed by atoms with E-state index in [1.54, 1.807) is 24.3 Å². The normalized spacial score (nSPS) is 12.3. The third-order valence-electron chi connectivity index (χ3n) is 3.87. The molecule has 0 aliphatic carbocycles. The quantitative estimate of drug-likeness (QED) is 0.199. The number of rotatable bonds is 14. The van der Waals surface area contributed by atoms with Crippen molar-refractivity contribution in [2.75, 3.05) is 18.9 Å². The highest BCUT2D eigenvalue weighted by Crippen LogP contribution is 2.14. The molecule has 0 radical (unpaired) electrons. The van der Waals surface area contributed by atoms with Crippen LogP contribution in [0.1, 0.15) is 38.2 Å². The third-order valence-corrected chi connectivity index (χ3v) is 5.34. The fourth-order valence-electron chi connectivity index (χ4n) is 2.36. The van der Waals surface area contributed by atoms with Gasteiger partial charge in [0.05, 0.1) is 12.4 Å². The lowest BCUT2D eigenvalue weighted by Gasteiger charge is -2.15. The minimum atomic E-state index is -3.62. The Kier molecular flexibility index (Phi) is 10.3. The molecular formula is C18H30N4O5S. The molecule has 0 saturated carbocycles. The number of aliphatic imine (C=N–C) groups is 1. The molecule has 0 heterocycles. The second kappa shape index (κ2) is 12.2. The van der Waals surface area contributed by atoms with Crippen molar-refractivity contribution in [3.05, 3.63) is 29.8 Å². The van der Waals surface area contributed by atoms with Gasteiger partial charge in [-0.3, -0.25) is 9.79 Å². The van der Waals surface area contributed by atoms with Gasteiger partial charge in [-0.15, -0.1) is 0 Å². The summed E-state index contributed by atoms with van der Waals surface area (Å²) in [6, 6.07) is 5.71. The summed E-state index contributed by atoms with van der Waals surface area (Å²) in [6.07, 6.45) is 2.85. The van der Waals surface area contributed by atoms with Crippen LogP contribution in [0.15, 0.2) is 29.3 Å². The fraction of sp³-hybridized carbons (Fsp3) is 0.556. The maximum Gasteiger partial charge on any atom is 0.322 e. The van der Waals surface area contributed by atoms with Crippen molar-refractivity contribution in [2.24, 2.45) is 16.5 Å². The molecule has 0 aliphatic heterocycles. The molecule has 1 aromatic carbocycles. The van der Waals surface area contributed by atoms with E-state index in [2.05, 4.69) is 9.71 Å². The van der Waals surface area contributed by atoms with E-state index in [1.165, 1.54) is 0 Å². The number of nitrogens with zero attached hydrogens (tertiary/aromatic N) is 1. The van der Waals surface area contributed by atoms with Crippen molar-refractivity contribution >= 4 is 22.0 Å². The lowest BCUT2D eigenvalue weighted by atomic mass is 10.1. The Labute approximate surface area is 166 Å². The lowest BCUT2D eigenvalue weighted by molar-refractivity contribution is -0.138. The van der Waals surface area contributed by atoms with E-state index < -0.39 is 22.0 Å². The van der Waals surface area contributed by atoms with Crippen LogP contribution < -0.4 is 20.9 Å². The molecule has 0 bridgehead atoms. The number of hydrogen-bond acceptors (Lipinski definition) is 5. The summed E-state index contributed by atoms with van der Waals surface area (Å²) in [4.78, 5) is 15.3. The van der Waals surface area contributed by atoms with Gasteiger partial charge in [0.15, 0.2) is 5.96 Å². The van der Waals surface area contributed by atoms with Gasteiger partial charge in [-0.05, 0) is 43.4 Å². The van der Waals surface area contributed by atoms with Crippen LogP contribution in [0.5, 0.6) is 5.75 Å². The number of aliphatic carboxylic acids is 1. The van der Waals surface area contributed by atoms with Crippen molar-refractivity contribution in [1.82, 2.24) is 4.72 Å². The van der Waals surface area contributed by atoms with Crippen LogP contribution in [0.2, 0.25) is 0 Å². The predicted molar refractivity (Wildman–Crippen MR) is 109 cm³/mol. The van der Waals surface area contributed by atoms with Crippen LogP contribution in [0, 0.1) is 0 Å².